The van der Waals surface area contributed by atoms with Crippen LogP contribution in [0.15, 0.2) is 11.5 Å². The second-order valence-electron chi connectivity index (χ2n) is 7.14. The molecule has 0 spiro atoms. The molecule has 2 aromatic rings. The number of ether oxygens (including phenoxy) is 1. The number of phosphoric acid groups is 1. The number of phosphoric ester groups is 1. The first-order valence-electron chi connectivity index (χ1n) is 9.78. The van der Waals surface area contributed by atoms with Gasteiger partial charge in [-0.1, -0.05) is 11.8 Å². The predicted octanol–water partition coefficient (Wildman–Crippen LogP) is 1.37. The van der Waals surface area contributed by atoms with Crippen LogP contribution in [0.25, 0.3) is 11.2 Å². The van der Waals surface area contributed by atoms with Gasteiger partial charge in [0, 0.05) is 18.1 Å². The fraction of sp³-hybridized carbons (Fsp3) is 0.688. The molecule has 3 rings (SSSR count). The quantitative estimate of drug-likeness (QED) is 0.118. The second kappa shape index (κ2) is 11.3. The van der Waals surface area contributed by atoms with Crippen molar-refractivity contribution in [3.63, 3.8) is 0 Å². The van der Waals surface area contributed by atoms with Gasteiger partial charge in [-0.3, -0.25) is 9.09 Å². The average molecular weight is 549 g/mol. The molecule has 34 heavy (non-hydrogen) atoms. The summed E-state index contributed by atoms with van der Waals surface area (Å²) in [7, 11) is -4.84. The maximum absolute atomic E-state index is 12.6. The molecule has 4 atom stereocenters. The van der Waals surface area contributed by atoms with E-state index in [1.54, 1.807) is 11.8 Å². The van der Waals surface area contributed by atoms with Crippen LogP contribution >= 0.6 is 31.3 Å². The van der Waals surface area contributed by atoms with Crippen LogP contribution in [0.2, 0.25) is 0 Å². The van der Waals surface area contributed by atoms with Crippen LogP contribution in [0.3, 0.4) is 0 Å². The first-order valence-corrected chi connectivity index (χ1v) is 13.7. The first kappa shape index (κ1) is 27.4. The highest BCUT2D eigenvalue weighted by Crippen LogP contribution is 2.39. The lowest BCUT2D eigenvalue weighted by Gasteiger charge is -2.17. The maximum Gasteiger partial charge on any atom is 0.469 e. The fourth-order valence-electron chi connectivity index (χ4n) is 3.07. The highest BCUT2D eigenvalue weighted by Gasteiger charge is 2.45. The summed E-state index contributed by atoms with van der Waals surface area (Å²) in [6.45, 7) is -0.198. The number of halogens is 3. The van der Waals surface area contributed by atoms with Crippen molar-refractivity contribution in [1.29, 1.82) is 0 Å². The Morgan fingerprint density at radius 1 is 1.26 bits per heavy atom. The Morgan fingerprint density at radius 3 is 2.65 bits per heavy atom. The van der Waals surface area contributed by atoms with Crippen molar-refractivity contribution in [3.05, 3.63) is 6.33 Å². The monoisotopic (exact) mass is 549 g/mol. The number of aliphatic hydroxyl groups is 2. The summed E-state index contributed by atoms with van der Waals surface area (Å²) in [6, 6.07) is 0. The van der Waals surface area contributed by atoms with Crippen LogP contribution in [0.4, 0.5) is 19.0 Å². The number of alkyl halides is 3. The molecule has 1 aliphatic rings. The number of imidazole rings is 1. The Hall–Kier alpha value is -1.17. The summed E-state index contributed by atoms with van der Waals surface area (Å²) in [6.07, 6.45) is -7.81. The SMILES string of the molecule is CSCCNc1nc(SCCC(F)(F)F)nc2c1ncn2[C@H]1O[C@H](COP(=O)(O)O)[C@H](O)[C@@H]1O. The van der Waals surface area contributed by atoms with E-state index in [4.69, 9.17) is 14.5 Å². The van der Waals surface area contributed by atoms with Crippen molar-refractivity contribution in [2.24, 2.45) is 0 Å². The molecule has 1 fully saturated rings. The van der Waals surface area contributed by atoms with Gasteiger partial charge in [0.2, 0.25) is 0 Å². The third kappa shape index (κ3) is 7.18. The summed E-state index contributed by atoms with van der Waals surface area (Å²) in [5.74, 6) is 0.693. The van der Waals surface area contributed by atoms with E-state index in [1.165, 1.54) is 10.9 Å². The molecular weight excluding hydrogens is 526 g/mol. The molecule has 192 valence electrons. The number of aromatic nitrogens is 4. The fourth-order valence-corrected chi connectivity index (χ4v) is 4.54. The van der Waals surface area contributed by atoms with E-state index in [2.05, 4.69) is 24.8 Å². The lowest BCUT2D eigenvalue weighted by Crippen LogP contribution is -2.33. The molecule has 0 saturated carbocycles. The topological polar surface area (TPSA) is 172 Å². The lowest BCUT2D eigenvalue weighted by atomic mass is 10.1. The van der Waals surface area contributed by atoms with E-state index in [-0.39, 0.29) is 27.9 Å². The molecule has 0 amide bonds. The molecule has 0 aromatic carbocycles. The smallest absolute Gasteiger partial charge is 0.387 e. The molecule has 1 aliphatic heterocycles. The number of fused-ring (bicyclic) bond motifs is 1. The van der Waals surface area contributed by atoms with Crippen LogP contribution in [-0.4, -0.2) is 94.9 Å². The van der Waals surface area contributed by atoms with E-state index >= 15 is 0 Å². The van der Waals surface area contributed by atoms with E-state index < -0.39 is 51.6 Å². The van der Waals surface area contributed by atoms with E-state index in [0.29, 0.717) is 6.54 Å². The highest BCUT2D eigenvalue weighted by molar-refractivity contribution is 7.99. The number of thioether (sulfide) groups is 2. The summed E-state index contributed by atoms with van der Waals surface area (Å²) < 4.78 is 59.8. The van der Waals surface area contributed by atoms with Gasteiger partial charge in [-0.05, 0) is 6.26 Å². The molecule has 0 bridgehead atoms. The Balaban J connectivity index is 1.89. The number of hydrogen-bond donors (Lipinski definition) is 5. The van der Waals surface area contributed by atoms with Crippen LogP contribution in [0, 0.1) is 0 Å². The summed E-state index contributed by atoms with van der Waals surface area (Å²) in [4.78, 5) is 30.5. The van der Waals surface area contributed by atoms with Crippen molar-refractivity contribution in [1.82, 2.24) is 19.5 Å². The number of rotatable bonds is 11. The van der Waals surface area contributed by atoms with Gasteiger partial charge in [-0.2, -0.15) is 24.9 Å². The van der Waals surface area contributed by atoms with Gasteiger partial charge < -0.3 is 30.1 Å². The first-order chi connectivity index (χ1) is 15.9. The van der Waals surface area contributed by atoms with Crippen LogP contribution in [-0.2, 0) is 13.8 Å². The Morgan fingerprint density at radius 2 is 2.00 bits per heavy atom. The van der Waals surface area contributed by atoms with Gasteiger partial charge in [0.25, 0.3) is 0 Å². The van der Waals surface area contributed by atoms with Crippen molar-refractivity contribution in [2.45, 2.75) is 42.3 Å². The van der Waals surface area contributed by atoms with Gasteiger partial charge >= 0.3 is 14.0 Å². The number of nitrogens with zero attached hydrogens (tertiary/aromatic N) is 4. The largest absolute Gasteiger partial charge is 0.469 e. The van der Waals surface area contributed by atoms with Gasteiger partial charge in [-0.25, -0.2) is 19.5 Å². The van der Waals surface area contributed by atoms with Crippen LogP contribution in [0.1, 0.15) is 12.6 Å². The Kier molecular flexibility index (Phi) is 9.08. The van der Waals surface area contributed by atoms with Crippen LogP contribution < -0.4 is 5.32 Å². The number of nitrogens with one attached hydrogen (secondary N) is 1. The number of hydrogen-bond acceptors (Lipinski definition) is 11. The number of aliphatic hydroxyl groups excluding tert-OH is 2. The minimum Gasteiger partial charge on any atom is -0.387 e. The molecule has 3 heterocycles. The number of anilines is 1. The standard InChI is InChI=1S/C16H23F3N5O7PS2/c1-33-5-3-20-12-9-13(23-15(22-12)34-4-2-16(17,18)19)24(7-21-9)14-11(26)10(25)8(31-14)6-30-32(27,28)29/h7-8,10-11,14,25-26H,2-6H2,1H3,(H,20,22,23)(H2,27,28,29)/t8-,10+,11+,14+/m1/s1. The molecule has 5 N–H and O–H groups in total. The zero-order valence-electron chi connectivity index (χ0n) is 17.6. The second-order valence-corrected chi connectivity index (χ2v) is 10.4. The van der Waals surface area contributed by atoms with Crippen molar-refractivity contribution in [2.75, 3.05) is 36.2 Å². The van der Waals surface area contributed by atoms with Crippen molar-refractivity contribution < 1.29 is 47.0 Å². The van der Waals surface area contributed by atoms with Crippen molar-refractivity contribution >= 4 is 48.3 Å². The minimum absolute atomic E-state index is 0.0413. The zero-order chi connectivity index (χ0) is 25.1. The van der Waals surface area contributed by atoms with E-state index in [9.17, 15) is 27.9 Å². The Labute approximate surface area is 199 Å². The molecule has 0 unspecified atom stereocenters. The predicted molar refractivity (Wildman–Crippen MR) is 118 cm³/mol. The molecule has 1 saturated heterocycles. The van der Waals surface area contributed by atoms with Gasteiger partial charge in [0.1, 0.15) is 18.3 Å². The highest BCUT2D eigenvalue weighted by atomic mass is 32.2. The minimum atomic E-state index is -4.84. The lowest BCUT2D eigenvalue weighted by molar-refractivity contribution is -0.129. The van der Waals surface area contributed by atoms with E-state index in [1.807, 2.05) is 6.26 Å². The average Bonchev–Trinajstić information content (AvgIpc) is 3.27. The van der Waals surface area contributed by atoms with Gasteiger partial charge in [0.05, 0.1) is 19.4 Å². The summed E-state index contributed by atoms with van der Waals surface area (Å²) in [5, 5.41) is 23.8. The molecular formula is C16H23F3N5O7PS2. The van der Waals surface area contributed by atoms with E-state index in [0.717, 1.165) is 17.5 Å². The third-order valence-electron chi connectivity index (χ3n) is 4.63. The molecule has 18 heteroatoms. The van der Waals surface area contributed by atoms with Gasteiger partial charge in [0.15, 0.2) is 28.4 Å². The molecule has 0 radical (unpaired) electrons. The molecule has 0 aliphatic carbocycles. The van der Waals surface area contributed by atoms with Crippen molar-refractivity contribution in [3.8, 4) is 0 Å². The molecule has 12 nitrogen and oxygen atoms in total. The summed E-state index contributed by atoms with van der Waals surface area (Å²) in [5.41, 5.74) is 0.394. The normalized spacial score (nSPS) is 23.6. The van der Waals surface area contributed by atoms with Crippen LogP contribution in [0.5, 0.6) is 0 Å². The maximum atomic E-state index is 12.6. The van der Waals surface area contributed by atoms with Gasteiger partial charge in [-0.15, -0.1) is 0 Å². The Bertz CT molecular complexity index is 1030. The molecule has 2 aromatic heterocycles. The summed E-state index contributed by atoms with van der Waals surface area (Å²) >= 11 is 2.36. The zero-order valence-corrected chi connectivity index (χ0v) is 20.1. The third-order valence-corrected chi connectivity index (χ3v) is 6.58.